The minimum atomic E-state index is -0.754. The second-order valence-electron chi connectivity index (χ2n) is 8.20. The standard InChI is InChI=1S/C27H39NO3/c29-27(30)19-21-28-20-12-17-25-16-11-18-26(23-25)31-22-10-5-3-1-2-4-7-13-24-14-8-6-9-15-24/h6,8-9,11,14-16,18,23,28H,1-5,7,10,12-13,17,19-22H2,(H,29,30). The van der Waals surface area contributed by atoms with E-state index < -0.39 is 5.97 Å². The first kappa shape index (κ1) is 24.9. The summed E-state index contributed by atoms with van der Waals surface area (Å²) in [6, 6.07) is 19.1. The highest BCUT2D eigenvalue weighted by Crippen LogP contribution is 2.16. The number of ether oxygens (including phenoxy) is 1. The van der Waals surface area contributed by atoms with Crippen LogP contribution in [-0.2, 0) is 17.6 Å². The van der Waals surface area contributed by atoms with E-state index in [4.69, 9.17) is 9.84 Å². The molecule has 170 valence electrons. The monoisotopic (exact) mass is 425 g/mol. The molecule has 2 rings (SSSR count). The van der Waals surface area contributed by atoms with Gasteiger partial charge in [0.25, 0.3) is 0 Å². The van der Waals surface area contributed by atoms with Gasteiger partial charge in [0.05, 0.1) is 13.0 Å². The average Bonchev–Trinajstić information content (AvgIpc) is 2.78. The molecule has 2 aromatic rings. The van der Waals surface area contributed by atoms with Gasteiger partial charge in [-0.2, -0.15) is 0 Å². The van der Waals surface area contributed by atoms with E-state index in [0.29, 0.717) is 6.54 Å². The van der Waals surface area contributed by atoms with Crippen LogP contribution in [0.2, 0.25) is 0 Å². The molecule has 0 atom stereocenters. The summed E-state index contributed by atoms with van der Waals surface area (Å²) in [5.41, 5.74) is 2.73. The smallest absolute Gasteiger partial charge is 0.304 e. The predicted molar refractivity (Wildman–Crippen MR) is 128 cm³/mol. The normalized spacial score (nSPS) is 10.8. The lowest BCUT2D eigenvalue weighted by molar-refractivity contribution is -0.136. The molecule has 0 unspecified atom stereocenters. The van der Waals surface area contributed by atoms with Crippen molar-refractivity contribution in [1.82, 2.24) is 5.32 Å². The highest BCUT2D eigenvalue weighted by molar-refractivity contribution is 5.66. The highest BCUT2D eigenvalue weighted by atomic mass is 16.5. The third kappa shape index (κ3) is 12.8. The second-order valence-corrected chi connectivity index (χ2v) is 8.20. The molecule has 0 aliphatic carbocycles. The number of hydrogen-bond donors (Lipinski definition) is 2. The summed E-state index contributed by atoms with van der Waals surface area (Å²) in [6.07, 6.45) is 12.3. The van der Waals surface area contributed by atoms with Gasteiger partial charge in [-0.15, -0.1) is 0 Å². The molecule has 0 spiro atoms. The van der Waals surface area contributed by atoms with Gasteiger partial charge in [0.1, 0.15) is 5.75 Å². The topological polar surface area (TPSA) is 58.6 Å². The van der Waals surface area contributed by atoms with Crippen LogP contribution < -0.4 is 10.1 Å². The lowest BCUT2D eigenvalue weighted by Crippen LogP contribution is -2.19. The van der Waals surface area contributed by atoms with Crippen LogP contribution in [0.25, 0.3) is 0 Å². The first-order chi connectivity index (χ1) is 15.2. The molecular formula is C27H39NO3. The average molecular weight is 426 g/mol. The number of hydrogen-bond acceptors (Lipinski definition) is 3. The molecule has 2 N–H and O–H groups in total. The lowest BCUT2D eigenvalue weighted by atomic mass is 10.0. The van der Waals surface area contributed by atoms with Crippen LogP contribution in [0.3, 0.4) is 0 Å². The van der Waals surface area contributed by atoms with Crippen molar-refractivity contribution in [2.24, 2.45) is 0 Å². The van der Waals surface area contributed by atoms with Crippen LogP contribution in [0.4, 0.5) is 0 Å². The maximum Gasteiger partial charge on any atom is 0.304 e. The van der Waals surface area contributed by atoms with Crippen molar-refractivity contribution in [3.05, 3.63) is 65.7 Å². The third-order valence-electron chi connectivity index (χ3n) is 5.45. The molecule has 31 heavy (non-hydrogen) atoms. The van der Waals surface area contributed by atoms with Crippen molar-refractivity contribution in [2.75, 3.05) is 19.7 Å². The zero-order valence-corrected chi connectivity index (χ0v) is 18.9. The van der Waals surface area contributed by atoms with Crippen LogP contribution in [0, 0.1) is 0 Å². The summed E-state index contributed by atoms with van der Waals surface area (Å²) < 4.78 is 5.93. The fourth-order valence-corrected chi connectivity index (χ4v) is 3.68. The molecule has 0 aromatic heterocycles. The first-order valence-corrected chi connectivity index (χ1v) is 11.9. The van der Waals surface area contributed by atoms with Gasteiger partial charge in [-0.25, -0.2) is 0 Å². The van der Waals surface area contributed by atoms with Gasteiger partial charge in [0, 0.05) is 6.54 Å². The Balaban J connectivity index is 1.43. The van der Waals surface area contributed by atoms with Gasteiger partial charge < -0.3 is 15.2 Å². The number of rotatable bonds is 18. The van der Waals surface area contributed by atoms with Crippen molar-refractivity contribution < 1.29 is 14.6 Å². The molecule has 0 radical (unpaired) electrons. The van der Waals surface area contributed by atoms with E-state index in [1.165, 1.54) is 56.1 Å². The Kier molecular flexibility index (Phi) is 13.2. The van der Waals surface area contributed by atoms with Crippen molar-refractivity contribution in [1.29, 1.82) is 0 Å². The molecule has 0 saturated heterocycles. The van der Waals surface area contributed by atoms with Gasteiger partial charge >= 0.3 is 5.97 Å². The first-order valence-electron chi connectivity index (χ1n) is 11.9. The Morgan fingerprint density at radius 1 is 0.742 bits per heavy atom. The van der Waals surface area contributed by atoms with Gasteiger partial charge in [-0.1, -0.05) is 74.6 Å². The van der Waals surface area contributed by atoms with Gasteiger partial charge in [0.2, 0.25) is 0 Å². The fourth-order valence-electron chi connectivity index (χ4n) is 3.68. The van der Waals surface area contributed by atoms with Gasteiger partial charge in [0.15, 0.2) is 0 Å². The number of carboxylic acid groups (broad SMARTS) is 1. The van der Waals surface area contributed by atoms with Gasteiger partial charge in [-0.3, -0.25) is 4.79 Å². The van der Waals surface area contributed by atoms with Crippen LogP contribution in [-0.4, -0.2) is 30.8 Å². The number of nitrogens with one attached hydrogen (secondary N) is 1. The maximum absolute atomic E-state index is 10.5. The maximum atomic E-state index is 10.5. The molecule has 0 aliphatic heterocycles. The lowest BCUT2D eigenvalue weighted by Gasteiger charge is -2.09. The number of carbonyl (C=O) groups is 1. The molecule has 2 aromatic carbocycles. The summed E-state index contributed by atoms with van der Waals surface area (Å²) in [5, 5.41) is 11.8. The summed E-state index contributed by atoms with van der Waals surface area (Å²) >= 11 is 0. The molecule has 4 heteroatoms. The number of carboxylic acids is 1. The number of aryl methyl sites for hydroxylation is 2. The van der Waals surface area contributed by atoms with E-state index in [1.54, 1.807) is 0 Å². The Labute approximate surface area is 188 Å². The Morgan fingerprint density at radius 3 is 2.19 bits per heavy atom. The molecule has 0 bridgehead atoms. The summed E-state index contributed by atoms with van der Waals surface area (Å²) in [5.74, 6) is 0.202. The van der Waals surface area contributed by atoms with Crippen LogP contribution >= 0.6 is 0 Å². The summed E-state index contributed by atoms with van der Waals surface area (Å²) in [7, 11) is 0. The molecule has 0 heterocycles. The summed E-state index contributed by atoms with van der Waals surface area (Å²) in [4.78, 5) is 10.5. The molecule has 0 aliphatic rings. The van der Waals surface area contributed by atoms with E-state index in [1.807, 2.05) is 6.07 Å². The number of unbranched alkanes of at least 4 members (excludes halogenated alkanes) is 6. The molecule has 4 nitrogen and oxygen atoms in total. The van der Waals surface area contributed by atoms with E-state index in [-0.39, 0.29) is 6.42 Å². The Hall–Kier alpha value is -2.33. The second kappa shape index (κ2) is 16.4. The van der Waals surface area contributed by atoms with Crippen LogP contribution in [0.5, 0.6) is 5.75 Å². The van der Waals surface area contributed by atoms with E-state index in [0.717, 1.165) is 38.2 Å². The molecule has 0 saturated carbocycles. The van der Waals surface area contributed by atoms with E-state index >= 15 is 0 Å². The fraction of sp³-hybridized carbons (Fsp3) is 0.519. The third-order valence-corrected chi connectivity index (χ3v) is 5.45. The zero-order chi connectivity index (χ0) is 22.0. The molecule has 0 fully saturated rings. The number of aliphatic carboxylic acids is 1. The van der Waals surface area contributed by atoms with E-state index in [2.05, 4.69) is 53.8 Å². The predicted octanol–water partition coefficient (Wildman–Crippen LogP) is 6.04. The SMILES string of the molecule is O=C(O)CCNCCCc1cccc(OCCCCCCCCCc2ccccc2)c1. The van der Waals surface area contributed by atoms with Crippen molar-refractivity contribution in [3.8, 4) is 5.75 Å². The van der Waals surface area contributed by atoms with E-state index in [9.17, 15) is 4.79 Å². The van der Waals surface area contributed by atoms with Crippen molar-refractivity contribution >= 4 is 5.97 Å². The highest BCUT2D eigenvalue weighted by Gasteiger charge is 2.00. The minimum absolute atomic E-state index is 0.178. The molecule has 0 amide bonds. The van der Waals surface area contributed by atoms with Crippen LogP contribution in [0.15, 0.2) is 54.6 Å². The summed E-state index contributed by atoms with van der Waals surface area (Å²) in [6.45, 7) is 2.16. The van der Waals surface area contributed by atoms with Crippen molar-refractivity contribution in [2.45, 2.75) is 70.6 Å². The van der Waals surface area contributed by atoms with Crippen molar-refractivity contribution in [3.63, 3.8) is 0 Å². The number of benzene rings is 2. The largest absolute Gasteiger partial charge is 0.494 e. The van der Waals surface area contributed by atoms with Crippen LogP contribution in [0.1, 0.15) is 68.9 Å². The van der Waals surface area contributed by atoms with Gasteiger partial charge in [-0.05, 0) is 61.9 Å². The molecular weight excluding hydrogens is 386 g/mol. The minimum Gasteiger partial charge on any atom is -0.494 e. The zero-order valence-electron chi connectivity index (χ0n) is 18.9. The Bertz CT molecular complexity index is 717. The Morgan fingerprint density at radius 2 is 1.42 bits per heavy atom. The quantitative estimate of drug-likeness (QED) is 0.286.